The Bertz CT molecular complexity index is 826. The highest BCUT2D eigenvalue weighted by Gasteiger charge is 2.23. The van der Waals surface area contributed by atoms with Crippen LogP contribution in [0.25, 0.3) is 0 Å². The molecule has 7 heteroatoms. The number of ether oxygens (including phenoxy) is 1. The molecule has 1 aliphatic heterocycles. The van der Waals surface area contributed by atoms with Crippen molar-refractivity contribution >= 4 is 41.5 Å². The van der Waals surface area contributed by atoms with Gasteiger partial charge < -0.3 is 20.3 Å². The molecule has 1 aliphatic rings. The summed E-state index contributed by atoms with van der Waals surface area (Å²) in [5.41, 5.74) is 3.24. The van der Waals surface area contributed by atoms with Crippen molar-refractivity contribution in [1.29, 1.82) is 0 Å². The lowest BCUT2D eigenvalue weighted by Gasteiger charge is -2.19. The number of fused-ring (bicyclic) bond motifs is 1. The molecular formula is C21H27IN4O2. The van der Waals surface area contributed by atoms with Gasteiger partial charge in [-0.1, -0.05) is 36.4 Å². The molecule has 2 N–H and O–H groups in total. The number of aliphatic imine (C=N–C) groups is 1. The van der Waals surface area contributed by atoms with Gasteiger partial charge in [-0.05, 0) is 31.0 Å². The fourth-order valence-electron chi connectivity index (χ4n) is 3.19. The van der Waals surface area contributed by atoms with E-state index in [0.29, 0.717) is 12.5 Å². The summed E-state index contributed by atoms with van der Waals surface area (Å²) in [4.78, 5) is 19.1. The van der Waals surface area contributed by atoms with Gasteiger partial charge in [0.25, 0.3) is 0 Å². The van der Waals surface area contributed by atoms with Crippen LogP contribution in [-0.4, -0.2) is 38.6 Å². The van der Waals surface area contributed by atoms with E-state index in [1.165, 1.54) is 5.56 Å². The molecule has 0 saturated heterocycles. The number of anilines is 1. The predicted molar refractivity (Wildman–Crippen MR) is 124 cm³/mol. The third-order valence-electron chi connectivity index (χ3n) is 4.54. The van der Waals surface area contributed by atoms with Crippen molar-refractivity contribution in [2.75, 3.05) is 31.6 Å². The van der Waals surface area contributed by atoms with Crippen LogP contribution in [0.1, 0.15) is 18.1 Å². The number of carbonyl (C=O) groups is 1. The van der Waals surface area contributed by atoms with Gasteiger partial charge in [-0.25, -0.2) is 4.99 Å². The Balaban J connectivity index is 0.00000280. The normalized spacial score (nSPS) is 12.8. The Morgan fingerprint density at radius 2 is 1.89 bits per heavy atom. The molecule has 0 unspecified atom stereocenters. The van der Waals surface area contributed by atoms with Crippen LogP contribution < -0.4 is 20.3 Å². The van der Waals surface area contributed by atoms with E-state index in [2.05, 4.69) is 21.7 Å². The molecule has 0 fully saturated rings. The van der Waals surface area contributed by atoms with Crippen LogP contribution in [0, 0.1) is 0 Å². The lowest BCUT2D eigenvalue weighted by atomic mass is 10.2. The van der Waals surface area contributed by atoms with Crippen LogP contribution in [0.15, 0.2) is 53.5 Å². The fraction of sp³-hybridized carbons (Fsp3) is 0.333. The van der Waals surface area contributed by atoms with Gasteiger partial charge in [-0.15, -0.1) is 24.0 Å². The second-order valence-electron chi connectivity index (χ2n) is 6.28. The van der Waals surface area contributed by atoms with E-state index in [9.17, 15) is 4.79 Å². The van der Waals surface area contributed by atoms with Crippen LogP contribution >= 0.6 is 24.0 Å². The summed E-state index contributed by atoms with van der Waals surface area (Å²) in [6.45, 7) is 4.12. The Morgan fingerprint density at radius 1 is 1.14 bits per heavy atom. The number of halogens is 1. The largest absolute Gasteiger partial charge is 0.496 e. The summed E-state index contributed by atoms with van der Waals surface area (Å²) in [6, 6.07) is 15.9. The monoisotopic (exact) mass is 494 g/mol. The van der Waals surface area contributed by atoms with Gasteiger partial charge in [-0.2, -0.15) is 0 Å². The van der Waals surface area contributed by atoms with Crippen molar-refractivity contribution in [2.24, 2.45) is 4.99 Å². The number of rotatable bonds is 6. The van der Waals surface area contributed by atoms with E-state index in [-0.39, 0.29) is 36.4 Å². The van der Waals surface area contributed by atoms with E-state index in [1.54, 1.807) is 7.11 Å². The second-order valence-corrected chi connectivity index (χ2v) is 6.28. The smallest absolute Gasteiger partial charge is 0.246 e. The molecule has 1 amide bonds. The highest BCUT2D eigenvalue weighted by Crippen LogP contribution is 2.27. The fourth-order valence-corrected chi connectivity index (χ4v) is 3.19. The third-order valence-corrected chi connectivity index (χ3v) is 4.54. The maximum atomic E-state index is 12.7. The van der Waals surface area contributed by atoms with Crippen LogP contribution in [0.4, 0.5) is 5.69 Å². The van der Waals surface area contributed by atoms with Crippen molar-refractivity contribution in [3.63, 3.8) is 0 Å². The molecule has 0 saturated carbocycles. The number of amides is 1. The minimum atomic E-state index is 0. The molecule has 0 bridgehead atoms. The molecule has 2 aromatic carbocycles. The zero-order valence-electron chi connectivity index (χ0n) is 16.3. The van der Waals surface area contributed by atoms with Gasteiger partial charge in [-0.3, -0.25) is 4.79 Å². The van der Waals surface area contributed by atoms with Crippen molar-refractivity contribution in [1.82, 2.24) is 10.6 Å². The number of nitrogens with one attached hydrogen (secondary N) is 2. The first-order valence-corrected chi connectivity index (χ1v) is 9.25. The highest BCUT2D eigenvalue weighted by atomic mass is 127. The average Bonchev–Trinajstić information content (AvgIpc) is 3.14. The molecule has 2 aromatic rings. The highest BCUT2D eigenvalue weighted by molar-refractivity contribution is 14.0. The molecule has 0 aromatic heterocycles. The second kappa shape index (κ2) is 10.9. The van der Waals surface area contributed by atoms with E-state index < -0.39 is 0 Å². The summed E-state index contributed by atoms with van der Waals surface area (Å²) < 4.78 is 5.37. The first-order valence-electron chi connectivity index (χ1n) is 9.25. The molecule has 1 heterocycles. The Hall–Kier alpha value is -2.29. The van der Waals surface area contributed by atoms with Crippen LogP contribution in [0.3, 0.4) is 0 Å². The number of nitrogens with zero attached hydrogens (tertiary/aromatic N) is 2. The van der Waals surface area contributed by atoms with E-state index in [4.69, 9.17) is 4.74 Å². The molecule has 0 aliphatic carbocycles. The van der Waals surface area contributed by atoms with Crippen molar-refractivity contribution in [3.05, 3.63) is 59.7 Å². The van der Waals surface area contributed by atoms with Gasteiger partial charge in [0.2, 0.25) is 5.91 Å². The van der Waals surface area contributed by atoms with Gasteiger partial charge in [0.1, 0.15) is 5.75 Å². The average molecular weight is 494 g/mol. The quantitative estimate of drug-likeness (QED) is 0.368. The maximum Gasteiger partial charge on any atom is 0.246 e. The number of methoxy groups -OCH3 is 1. The van der Waals surface area contributed by atoms with Crippen molar-refractivity contribution in [2.45, 2.75) is 19.9 Å². The number of hydrogen-bond acceptors (Lipinski definition) is 3. The molecule has 6 nitrogen and oxygen atoms in total. The van der Waals surface area contributed by atoms with Crippen LogP contribution in [0.5, 0.6) is 5.75 Å². The van der Waals surface area contributed by atoms with Gasteiger partial charge in [0.15, 0.2) is 5.96 Å². The van der Waals surface area contributed by atoms with Gasteiger partial charge in [0.05, 0.1) is 20.2 Å². The lowest BCUT2D eigenvalue weighted by molar-refractivity contribution is -0.117. The Morgan fingerprint density at radius 3 is 2.68 bits per heavy atom. The van der Waals surface area contributed by atoms with E-state index >= 15 is 0 Å². The van der Waals surface area contributed by atoms with Crippen molar-refractivity contribution < 1.29 is 9.53 Å². The van der Waals surface area contributed by atoms with Gasteiger partial charge >= 0.3 is 0 Å². The summed E-state index contributed by atoms with van der Waals surface area (Å²) >= 11 is 0. The number of benzene rings is 2. The number of hydrogen-bond donors (Lipinski definition) is 2. The first kappa shape index (κ1) is 22.0. The minimum Gasteiger partial charge on any atom is -0.496 e. The summed E-state index contributed by atoms with van der Waals surface area (Å²) in [7, 11) is 1.65. The van der Waals surface area contributed by atoms with E-state index in [0.717, 1.165) is 36.5 Å². The minimum absolute atomic E-state index is 0. The lowest BCUT2D eigenvalue weighted by Crippen LogP contribution is -2.44. The standard InChI is InChI=1S/C21H26N4O2.HI/c1-3-22-21(23-14-17-9-5-7-11-19(17)27-2)24-15-20(26)25-13-12-16-8-4-6-10-18(16)25;/h4-11H,3,12-15H2,1-2H3,(H2,22,23,24);1H. The zero-order valence-corrected chi connectivity index (χ0v) is 18.6. The van der Waals surface area contributed by atoms with E-state index in [1.807, 2.05) is 54.3 Å². The molecule has 0 atom stereocenters. The molecule has 0 spiro atoms. The summed E-state index contributed by atoms with van der Waals surface area (Å²) in [6.07, 6.45) is 0.907. The van der Waals surface area contributed by atoms with Crippen LogP contribution in [-0.2, 0) is 17.8 Å². The SMILES string of the molecule is CCNC(=NCc1ccccc1OC)NCC(=O)N1CCc2ccccc21.I. The molecule has 3 rings (SSSR count). The maximum absolute atomic E-state index is 12.7. The topological polar surface area (TPSA) is 66.0 Å². The first-order chi connectivity index (χ1) is 13.2. The zero-order chi connectivity index (χ0) is 19.1. The Labute approximate surface area is 183 Å². The third kappa shape index (κ3) is 5.37. The predicted octanol–water partition coefficient (Wildman–Crippen LogP) is 2.96. The van der Waals surface area contributed by atoms with Crippen LogP contribution in [0.2, 0.25) is 0 Å². The summed E-state index contributed by atoms with van der Waals surface area (Å²) in [5, 5.41) is 6.33. The van der Waals surface area contributed by atoms with Gasteiger partial charge in [0, 0.05) is 24.3 Å². The molecule has 150 valence electrons. The number of carbonyl (C=O) groups excluding carboxylic acids is 1. The number of guanidine groups is 1. The molecule has 28 heavy (non-hydrogen) atoms. The van der Waals surface area contributed by atoms with Crippen molar-refractivity contribution in [3.8, 4) is 5.75 Å². The Kier molecular flexibility index (Phi) is 8.56. The summed E-state index contributed by atoms with van der Waals surface area (Å²) in [5.74, 6) is 1.47. The number of para-hydroxylation sites is 2. The molecular weight excluding hydrogens is 467 g/mol. The molecule has 0 radical (unpaired) electrons.